The fourth-order valence-corrected chi connectivity index (χ4v) is 3.64. The molecule has 4 N–H and O–H groups in total. The highest BCUT2D eigenvalue weighted by Crippen LogP contribution is 2.18. The lowest BCUT2D eigenvalue weighted by molar-refractivity contribution is -0.121. The van der Waals surface area contributed by atoms with Crippen LogP contribution in [0, 0.1) is 0 Å². The van der Waals surface area contributed by atoms with Crippen LogP contribution in [0.3, 0.4) is 0 Å². The van der Waals surface area contributed by atoms with Crippen molar-refractivity contribution in [2.75, 3.05) is 0 Å². The number of sulfonamides is 1. The highest BCUT2D eigenvalue weighted by molar-refractivity contribution is 7.89. The van der Waals surface area contributed by atoms with E-state index in [4.69, 9.17) is 5.14 Å². The molecule has 0 spiro atoms. The Bertz CT molecular complexity index is 1150. The molecule has 0 radical (unpaired) electrons. The second-order valence-corrected chi connectivity index (χ2v) is 8.54. The van der Waals surface area contributed by atoms with Crippen LogP contribution in [-0.2, 0) is 21.4 Å². The second-order valence-electron chi connectivity index (χ2n) is 6.98. The number of benzene rings is 3. The third-order valence-corrected chi connectivity index (χ3v) is 5.56. The van der Waals surface area contributed by atoms with E-state index in [9.17, 15) is 18.0 Å². The fourth-order valence-electron chi connectivity index (χ4n) is 3.06. The van der Waals surface area contributed by atoms with Crippen LogP contribution in [0.15, 0.2) is 89.8 Å². The molecule has 0 fully saturated rings. The standard InChI is InChI=1S/C23H23N3O4S/c24-31(29,30)20-13-7-8-17(14-20)16-25-22(27)15-21(18-9-3-1-4-10-18)26-23(28)19-11-5-2-6-12-19/h1-14,21H,15-16H2,(H,25,27)(H,26,28)(H2,24,29,30). The molecule has 0 heterocycles. The van der Waals surface area contributed by atoms with Crippen molar-refractivity contribution in [3.8, 4) is 0 Å². The summed E-state index contributed by atoms with van der Waals surface area (Å²) >= 11 is 0. The predicted molar refractivity (Wildman–Crippen MR) is 117 cm³/mol. The van der Waals surface area contributed by atoms with E-state index >= 15 is 0 Å². The van der Waals surface area contributed by atoms with Crippen LogP contribution in [0.25, 0.3) is 0 Å². The van der Waals surface area contributed by atoms with Gasteiger partial charge in [-0.05, 0) is 35.4 Å². The summed E-state index contributed by atoms with van der Waals surface area (Å²) in [6, 6.07) is 23.6. The number of carbonyl (C=O) groups is 2. The minimum absolute atomic E-state index is 0.0171. The van der Waals surface area contributed by atoms with Gasteiger partial charge in [0.15, 0.2) is 0 Å². The normalized spacial score (nSPS) is 12.0. The highest BCUT2D eigenvalue weighted by Gasteiger charge is 2.19. The van der Waals surface area contributed by atoms with Crippen LogP contribution < -0.4 is 15.8 Å². The lowest BCUT2D eigenvalue weighted by Gasteiger charge is -2.19. The van der Waals surface area contributed by atoms with Crippen molar-refractivity contribution in [1.82, 2.24) is 10.6 Å². The Labute approximate surface area is 181 Å². The summed E-state index contributed by atoms with van der Waals surface area (Å²) in [4.78, 5) is 25.2. The van der Waals surface area contributed by atoms with Gasteiger partial charge >= 0.3 is 0 Å². The molecule has 8 heteroatoms. The molecule has 0 bridgehead atoms. The van der Waals surface area contributed by atoms with E-state index in [2.05, 4.69) is 10.6 Å². The van der Waals surface area contributed by atoms with Crippen molar-refractivity contribution in [1.29, 1.82) is 0 Å². The molecule has 160 valence electrons. The van der Waals surface area contributed by atoms with E-state index in [0.717, 1.165) is 5.56 Å². The van der Waals surface area contributed by atoms with Gasteiger partial charge in [0, 0.05) is 12.1 Å². The molecule has 7 nitrogen and oxygen atoms in total. The van der Waals surface area contributed by atoms with Gasteiger partial charge in [-0.3, -0.25) is 9.59 Å². The third kappa shape index (κ3) is 6.50. The van der Waals surface area contributed by atoms with E-state index in [1.807, 2.05) is 36.4 Å². The number of hydrogen-bond donors (Lipinski definition) is 3. The number of hydrogen-bond acceptors (Lipinski definition) is 4. The molecule has 1 unspecified atom stereocenters. The van der Waals surface area contributed by atoms with Crippen LogP contribution in [0.5, 0.6) is 0 Å². The van der Waals surface area contributed by atoms with Gasteiger partial charge in [-0.2, -0.15) is 0 Å². The van der Waals surface area contributed by atoms with Gasteiger partial charge in [0.1, 0.15) is 0 Å². The Morgan fingerprint density at radius 2 is 1.52 bits per heavy atom. The van der Waals surface area contributed by atoms with Crippen molar-refractivity contribution in [3.63, 3.8) is 0 Å². The van der Waals surface area contributed by atoms with Gasteiger partial charge in [0.05, 0.1) is 17.4 Å². The van der Waals surface area contributed by atoms with Crippen molar-refractivity contribution in [2.24, 2.45) is 5.14 Å². The molecule has 0 aliphatic rings. The number of rotatable bonds is 8. The quantitative estimate of drug-likeness (QED) is 0.502. The third-order valence-electron chi connectivity index (χ3n) is 4.65. The first kappa shape index (κ1) is 22.2. The molecule has 3 aromatic carbocycles. The maximum Gasteiger partial charge on any atom is 0.251 e. The van der Waals surface area contributed by atoms with E-state index in [-0.39, 0.29) is 29.7 Å². The Morgan fingerprint density at radius 1 is 0.871 bits per heavy atom. The zero-order chi connectivity index (χ0) is 22.3. The summed E-state index contributed by atoms with van der Waals surface area (Å²) in [6.07, 6.45) is 0.0253. The lowest BCUT2D eigenvalue weighted by Crippen LogP contribution is -2.33. The zero-order valence-electron chi connectivity index (χ0n) is 16.7. The first-order chi connectivity index (χ1) is 14.8. The molecule has 2 amide bonds. The van der Waals surface area contributed by atoms with Crippen LogP contribution in [0.4, 0.5) is 0 Å². The van der Waals surface area contributed by atoms with Crippen molar-refractivity contribution in [2.45, 2.75) is 23.9 Å². The molecule has 0 aliphatic carbocycles. The monoisotopic (exact) mass is 437 g/mol. The van der Waals surface area contributed by atoms with E-state index < -0.39 is 16.1 Å². The first-order valence-corrected chi connectivity index (χ1v) is 11.2. The largest absolute Gasteiger partial charge is 0.352 e. The molecule has 3 rings (SSSR count). The average Bonchev–Trinajstić information content (AvgIpc) is 2.78. The Balaban J connectivity index is 1.68. The molecular weight excluding hydrogens is 414 g/mol. The predicted octanol–water partition coefficient (Wildman–Crippen LogP) is 2.51. The minimum Gasteiger partial charge on any atom is -0.352 e. The second kappa shape index (κ2) is 10.0. The van der Waals surface area contributed by atoms with E-state index in [1.54, 1.807) is 36.4 Å². The summed E-state index contributed by atoms with van der Waals surface area (Å²) in [6.45, 7) is 0.135. The van der Waals surface area contributed by atoms with E-state index in [1.165, 1.54) is 12.1 Å². The van der Waals surface area contributed by atoms with Crippen molar-refractivity contribution < 1.29 is 18.0 Å². The lowest BCUT2D eigenvalue weighted by atomic mass is 10.0. The van der Waals surface area contributed by atoms with Gasteiger partial charge in [-0.25, -0.2) is 13.6 Å². The molecule has 0 saturated heterocycles. The first-order valence-electron chi connectivity index (χ1n) is 9.62. The van der Waals surface area contributed by atoms with Crippen LogP contribution in [-0.4, -0.2) is 20.2 Å². The summed E-state index contributed by atoms with van der Waals surface area (Å²) in [7, 11) is -3.82. The number of carbonyl (C=O) groups excluding carboxylic acids is 2. The van der Waals surface area contributed by atoms with Crippen LogP contribution in [0.2, 0.25) is 0 Å². The average molecular weight is 438 g/mol. The summed E-state index contributed by atoms with van der Waals surface area (Å²) in [5, 5.41) is 10.8. The number of nitrogens with one attached hydrogen (secondary N) is 2. The topological polar surface area (TPSA) is 118 Å². The fraction of sp³-hybridized carbons (Fsp3) is 0.130. The van der Waals surface area contributed by atoms with Crippen molar-refractivity contribution in [3.05, 3.63) is 102 Å². The molecule has 0 aromatic heterocycles. The molecule has 0 saturated carbocycles. The molecule has 1 atom stereocenters. The molecule has 31 heavy (non-hydrogen) atoms. The smallest absolute Gasteiger partial charge is 0.251 e. The molecule has 0 aliphatic heterocycles. The maximum atomic E-state index is 12.6. The Morgan fingerprint density at radius 3 is 2.16 bits per heavy atom. The van der Waals surface area contributed by atoms with Gasteiger partial charge < -0.3 is 10.6 Å². The summed E-state index contributed by atoms with van der Waals surface area (Å²) < 4.78 is 23.0. The minimum atomic E-state index is -3.82. The Kier molecular flexibility index (Phi) is 7.17. The van der Waals surface area contributed by atoms with Crippen molar-refractivity contribution >= 4 is 21.8 Å². The van der Waals surface area contributed by atoms with Gasteiger partial charge in [-0.1, -0.05) is 60.7 Å². The highest BCUT2D eigenvalue weighted by atomic mass is 32.2. The molecular formula is C23H23N3O4S. The van der Waals surface area contributed by atoms with Gasteiger partial charge in [-0.15, -0.1) is 0 Å². The SMILES string of the molecule is NS(=O)(=O)c1cccc(CNC(=O)CC(NC(=O)c2ccccc2)c2ccccc2)c1. The summed E-state index contributed by atoms with van der Waals surface area (Å²) in [5.74, 6) is -0.564. The van der Waals surface area contributed by atoms with Crippen LogP contribution in [0.1, 0.15) is 33.9 Å². The van der Waals surface area contributed by atoms with Gasteiger partial charge in [0.25, 0.3) is 5.91 Å². The molecule has 3 aromatic rings. The zero-order valence-corrected chi connectivity index (χ0v) is 17.5. The van der Waals surface area contributed by atoms with E-state index in [0.29, 0.717) is 11.1 Å². The maximum absolute atomic E-state index is 12.6. The number of primary sulfonamides is 1. The van der Waals surface area contributed by atoms with Gasteiger partial charge in [0.2, 0.25) is 15.9 Å². The number of amides is 2. The van der Waals surface area contributed by atoms with Crippen LogP contribution >= 0.6 is 0 Å². The number of nitrogens with two attached hydrogens (primary N) is 1. The Hall–Kier alpha value is -3.49. The summed E-state index contributed by atoms with van der Waals surface area (Å²) in [5.41, 5.74) is 1.91.